The molecule has 6 nitrogen and oxygen atoms in total. The van der Waals surface area contributed by atoms with Crippen LogP contribution in [0.1, 0.15) is 18.0 Å². The Morgan fingerprint density at radius 2 is 2.04 bits per heavy atom. The fourth-order valence-electron chi connectivity index (χ4n) is 3.22. The third-order valence-corrected chi connectivity index (χ3v) is 4.72. The minimum atomic E-state index is -0.305. The summed E-state index contributed by atoms with van der Waals surface area (Å²) in [6.45, 7) is 0.599. The summed E-state index contributed by atoms with van der Waals surface area (Å²) in [5, 5.41) is 2.89. The Morgan fingerprint density at radius 3 is 2.79 bits per heavy atom. The number of carbonyl (C=O) groups is 2. The Balaban J connectivity index is 1.58. The second-order valence-corrected chi connectivity index (χ2v) is 6.89. The van der Waals surface area contributed by atoms with Crippen molar-refractivity contribution in [2.75, 3.05) is 38.7 Å². The smallest absolute Gasteiger partial charge is 0.265 e. The zero-order valence-electron chi connectivity index (χ0n) is 16.0. The summed E-state index contributed by atoms with van der Waals surface area (Å²) in [6.07, 6.45) is 0.170. The van der Waals surface area contributed by atoms with E-state index in [1.165, 1.54) is 12.1 Å². The number of hydrogen-bond donors (Lipinski definition) is 1. The summed E-state index contributed by atoms with van der Waals surface area (Å²) in [7, 11) is 3.76. The molecule has 0 spiro atoms. The number of amides is 2. The molecule has 0 aliphatic carbocycles. The van der Waals surface area contributed by atoms with Gasteiger partial charge in [0.15, 0.2) is 6.61 Å². The van der Waals surface area contributed by atoms with Crippen molar-refractivity contribution in [3.63, 3.8) is 0 Å². The number of para-hydroxylation sites is 2. The predicted octanol–water partition coefficient (Wildman–Crippen LogP) is 2.36. The molecule has 3 rings (SSSR count). The van der Waals surface area contributed by atoms with E-state index in [4.69, 9.17) is 4.74 Å². The van der Waals surface area contributed by atoms with Gasteiger partial charge in [0.05, 0.1) is 11.7 Å². The van der Waals surface area contributed by atoms with Crippen LogP contribution in [0.4, 0.5) is 10.1 Å². The van der Waals surface area contributed by atoms with Gasteiger partial charge in [0.1, 0.15) is 11.6 Å². The molecule has 0 aromatic heterocycles. The first kappa shape index (κ1) is 19.8. The lowest BCUT2D eigenvalue weighted by molar-refractivity contribution is -0.122. The highest BCUT2D eigenvalue weighted by atomic mass is 19.1. The highest BCUT2D eigenvalue weighted by Crippen LogP contribution is 2.31. The van der Waals surface area contributed by atoms with Gasteiger partial charge < -0.3 is 19.9 Å². The molecule has 0 fully saturated rings. The van der Waals surface area contributed by atoms with Crippen molar-refractivity contribution in [3.05, 3.63) is 59.9 Å². The maximum Gasteiger partial charge on any atom is 0.265 e. The first-order valence-electron chi connectivity index (χ1n) is 9.16. The molecule has 0 saturated carbocycles. The number of anilines is 1. The molecular weight excluding hydrogens is 361 g/mol. The molecule has 2 aromatic carbocycles. The minimum Gasteiger partial charge on any atom is -0.482 e. The average Bonchev–Trinajstić information content (AvgIpc) is 2.67. The van der Waals surface area contributed by atoms with E-state index in [1.54, 1.807) is 23.1 Å². The molecule has 7 heteroatoms. The standard InChI is InChI=1S/C21H24FN3O3/c1-24(2)18(15-6-5-7-16(22)12-15)13-23-20(26)10-11-25-17-8-3-4-9-19(17)28-14-21(25)27/h3-9,12,18H,10-11,13-14H2,1-2H3,(H,23,26). The van der Waals surface area contributed by atoms with E-state index in [2.05, 4.69) is 5.32 Å². The summed E-state index contributed by atoms with van der Waals surface area (Å²) >= 11 is 0. The van der Waals surface area contributed by atoms with Crippen molar-refractivity contribution in [2.45, 2.75) is 12.5 Å². The van der Waals surface area contributed by atoms with Crippen molar-refractivity contribution >= 4 is 17.5 Å². The molecule has 1 unspecified atom stereocenters. The van der Waals surface area contributed by atoms with Gasteiger partial charge in [-0.05, 0) is 43.9 Å². The maximum atomic E-state index is 13.5. The Bertz CT molecular complexity index is 856. The van der Waals surface area contributed by atoms with Gasteiger partial charge in [-0.25, -0.2) is 4.39 Å². The van der Waals surface area contributed by atoms with Crippen molar-refractivity contribution in [3.8, 4) is 5.75 Å². The summed E-state index contributed by atoms with van der Waals surface area (Å²) in [5.74, 6) is -0.00101. The normalized spacial score (nSPS) is 14.4. The van der Waals surface area contributed by atoms with E-state index in [0.717, 1.165) is 5.56 Å². The first-order chi connectivity index (χ1) is 13.5. The van der Waals surface area contributed by atoms with Crippen LogP contribution in [-0.4, -0.2) is 50.5 Å². The minimum absolute atomic E-state index is 0.0269. The molecule has 0 saturated heterocycles. The van der Waals surface area contributed by atoms with Gasteiger partial charge in [0.2, 0.25) is 5.91 Å². The molecule has 2 aromatic rings. The van der Waals surface area contributed by atoms with Crippen LogP contribution < -0.4 is 15.0 Å². The SMILES string of the molecule is CN(C)C(CNC(=O)CCN1C(=O)COc2ccccc21)c1cccc(F)c1. The topological polar surface area (TPSA) is 61.9 Å². The third kappa shape index (κ3) is 4.67. The van der Waals surface area contributed by atoms with Crippen LogP contribution in [0.15, 0.2) is 48.5 Å². The van der Waals surface area contributed by atoms with E-state index < -0.39 is 0 Å². The number of nitrogens with one attached hydrogen (secondary N) is 1. The van der Waals surface area contributed by atoms with Gasteiger partial charge in [-0.15, -0.1) is 0 Å². The highest BCUT2D eigenvalue weighted by Gasteiger charge is 2.25. The monoisotopic (exact) mass is 385 g/mol. The number of ether oxygens (including phenoxy) is 1. The lowest BCUT2D eigenvalue weighted by Gasteiger charge is -2.29. The third-order valence-electron chi connectivity index (χ3n) is 4.72. The van der Waals surface area contributed by atoms with Gasteiger partial charge in [0.25, 0.3) is 5.91 Å². The number of hydrogen-bond acceptors (Lipinski definition) is 4. The Morgan fingerprint density at radius 1 is 1.25 bits per heavy atom. The quantitative estimate of drug-likeness (QED) is 0.795. The fraction of sp³-hybridized carbons (Fsp3) is 0.333. The van der Waals surface area contributed by atoms with Crippen LogP contribution in [0.25, 0.3) is 0 Å². The lowest BCUT2D eigenvalue weighted by atomic mass is 10.1. The zero-order valence-corrected chi connectivity index (χ0v) is 16.0. The van der Waals surface area contributed by atoms with Crippen LogP contribution in [0, 0.1) is 5.82 Å². The molecular formula is C21H24FN3O3. The molecule has 1 aliphatic heterocycles. The Hall–Kier alpha value is -2.93. The number of nitrogens with zero attached hydrogens (tertiary/aromatic N) is 2. The van der Waals surface area contributed by atoms with Gasteiger partial charge in [-0.2, -0.15) is 0 Å². The van der Waals surface area contributed by atoms with E-state index in [9.17, 15) is 14.0 Å². The second kappa shape index (κ2) is 8.84. The van der Waals surface area contributed by atoms with E-state index in [1.807, 2.05) is 37.2 Å². The lowest BCUT2D eigenvalue weighted by Crippen LogP contribution is -2.41. The number of halogens is 1. The van der Waals surface area contributed by atoms with Gasteiger partial charge >= 0.3 is 0 Å². The molecule has 0 bridgehead atoms. The average molecular weight is 385 g/mol. The largest absolute Gasteiger partial charge is 0.482 e. The molecule has 0 radical (unpaired) electrons. The summed E-state index contributed by atoms with van der Waals surface area (Å²) in [4.78, 5) is 28.0. The van der Waals surface area contributed by atoms with Crippen LogP contribution in [-0.2, 0) is 9.59 Å². The van der Waals surface area contributed by atoms with Gasteiger partial charge in [-0.1, -0.05) is 24.3 Å². The number of carbonyl (C=O) groups excluding carboxylic acids is 2. The fourth-order valence-corrected chi connectivity index (χ4v) is 3.22. The summed E-state index contributed by atoms with van der Waals surface area (Å²) < 4.78 is 18.9. The summed E-state index contributed by atoms with van der Waals surface area (Å²) in [6, 6.07) is 13.5. The van der Waals surface area contributed by atoms with Crippen molar-refractivity contribution in [1.82, 2.24) is 10.2 Å². The number of benzene rings is 2. The van der Waals surface area contributed by atoms with E-state index in [-0.39, 0.29) is 43.2 Å². The Labute approximate surface area is 163 Å². The van der Waals surface area contributed by atoms with Gasteiger partial charge in [0, 0.05) is 19.5 Å². The van der Waals surface area contributed by atoms with Crippen molar-refractivity contribution < 1.29 is 18.7 Å². The second-order valence-electron chi connectivity index (χ2n) is 6.89. The zero-order chi connectivity index (χ0) is 20.1. The molecule has 148 valence electrons. The van der Waals surface area contributed by atoms with Crippen molar-refractivity contribution in [2.24, 2.45) is 0 Å². The highest BCUT2D eigenvalue weighted by molar-refractivity contribution is 5.98. The van der Waals surface area contributed by atoms with Crippen LogP contribution in [0.5, 0.6) is 5.75 Å². The molecule has 1 heterocycles. The van der Waals surface area contributed by atoms with Crippen molar-refractivity contribution in [1.29, 1.82) is 0 Å². The molecule has 2 amide bonds. The Kier molecular flexibility index (Phi) is 6.26. The molecule has 1 atom stereocenters. The van der Waals surface area contributed by atoms with Crippen LogP contribution >= 0.6 is 0 Å². The van der Waals surface area contributed by atoms with E-state index >= 15 is 0 Å². The number of rotatable bonds is 7. The molecule has 1 aliphatic rings. The number of fused-ring (bicyclic) bond motifs is 1. The predicted molar refractivity (Wildman–Crippen MR) is 105 cm³/mol. The summed E-state index contributed by atoms with van der Waals surface area (Å²) in [5.41, 5.74) is 1.47. The van der Waals surface area contributed by atoms with Crippen LogP contribution in [0.2, 0.25) is 0 Å². The first-order valence-corrected chi connectivity index (χ1v) is 9.16. The number of likely N-dealkylation sites (N-methyl/N-ethyl adjacent to an activating group) is 1. The van der Waals surface area contributed by atoms with Crippen LogP contribution in [0.3, 0.4) is 0 Å². The van der Waals surface area contributed by atoms with Gasteiger partial charge in [-0.3, -0.25) is 9.59 Å². The maximum absolute atomic E-state index is 13.5. The molecule has 1 N–H and O–H groups in total. The van der Waals surface area contributed by atoms with E-state index in [0.29, 0.717) is 18.0 Å². The molecule has 28 heavy (non-hydrogen) atoms.